The van der Waals surface area contributed by atoms with Gasteiger partial charge in [0.05, 0.1) is 11.9 Å². The summed E-state index contributed by atoms with van der Waals surface area (Å²) in [6, 6.07) is 2.03. The fourth-order valence-corrected chi connectivity index (χ4v) is 3.02. The second-order valence-corrected chi connectivity index (χ2v) is 5.80. The van der Waals surface area contributed by atoms with Crippen molar-refractivity contribution in [1.29, 1.82) is 0 Å². The molecule has 0 atom stereocenters. The normalized spacial score (nSPS) is 13.0. The summed E-state index contributed by atoms with van der Waals surface area (Å²) in [5.74, 6) is 0. The first-order chi connectivity index (χ1) is 11.7. The molecule has 0 radical (unpaired) electrons. The van der Waals surface area contributed by atoms with Gasteiger partial charge in [-0.2, -0.15) is 5.10 Å². The van der Waals surface area contributed by atoms with E-state index in [1.807, 2.05) is 42.8 Å². The molecule has 5 nitrogen and oxygen atoms in total. The van der Waals surface area contributed by atoms with Crippen LogP contribution in [0.15, 0.2) is 42.9 Å². The molecule has 4 rings (SSSR count). The molecule has 0 aromatic carbocycles. The van der Waals surface area contributed by atoms with Gasteiger partial charge in [0.15, 0.2) is 11.9 Å². The average Bonchev–Trinajstić information content (AvgIpc) is 2.94. The van der Waals surface area contributed by atoms with E-state index in [2.05, 4.69) is 10.1 Å². The highest BCUT2D eigenvalue weighted by molar-refractivity contribution is 6.06. The first kappa shape index (κ1) is 14.5. The number of aryl methyl sites for hydroxylation is 2. The van der Waals surface area contributed by atoms with Gasteiger partial charge in [0.1, 0.15) is 0 Å². The Morgan fingerprint density at radius 1 is 1.25 bits per heavy atom. The Labute approximate surface area is 139 Å². The zero-order valence-corrected chi connectivity index (χ0v) is 13.5. The van der Waals surface area contributed by atoms with Gasteiger partial charge < -0.3 is 0 Å². The number of carbonyl (C=O) groups excluding carboxylic acids is 1. The van der Waals surface area contributed by atoms with Crippen LogP contribution in [0, 0.1) is 6.92 Å². The Kier molecular flexibility index (Phi) is 3.34. The van der Waals surface area contributed by atoms with E-state index < -0.39 is 0 Å². The summed E-state index contributed by atoms with van der Waals surface area (Å²) in [6.07, 6.45) is 12.1. The van der Waals surface area contributed by atoms with E-state index in [1.165, 1.54) is 0 Å². The molecule has 0 aliphatic heterocycles. The fraction of sp³-hybridized carbons (Fsp3) is 0.158. The van der Waals surface area contributed by atoms with Crippen LogP contribution in [0.2, 0.25) is 0 Å². The third kappa shape index (κ3) is 2.09. The van der Waals surface area contributed by atoms with Crippen LogP contribution in [0.3, 0.4) is 0 Å². The minimum Gasteiger partial charge on any atom is -0.298 e. The molecule has 0 bridgehead atoms. The van der Waals surface area contributed by atoms with Crippen LogP contribution in [0.5, 0.6) is 0 Å². The molecule has 24 heavy (non-hydrogen) atoms. The molecule has 0 fully saturated rings. The predicted molar refractivity (Wildman–Crippen MR) is 93.7 cm³/mol. The van der Waals surface area contributed by atoms with Crippen molar-refractivity contribution < 1.29 is 4.79 Å². The second kappa shape index (κ2) is 5.53. The molecule has 1 aliphatic rings. The van der Waals surface area contributed by atoms with Crippen LogP contribution >= 0.6 is 0 Å². The third-order valence-electron chi connectivity index (χ3n) is 4.23. The Bertz CT molecular complexity index is 1030. The summed E-state index contributed by atoms with van der Waals surface area (Å²) < 4.78 is 1.85. The number of fused-ring (bicyclic) bond motifs is 1. The van der Waals surface area contributed by atoms with Gasteiger partial charge in [0.2, 0.25) is 0 Å². The maximum atomic E-state index is 11.9. The zero-order valence-electron chi connectivity index (χ0n) is 13.5. The van der Waals surface area contributed by atoms with Gasteiger partial charge in [0.25, 0.3) is 0 Å². The lowest BCUT2D eigenvalue weighted by Crippen LogP contribution is -2.05. The van der Waals surface area contributed by atoms with Gasteiger partial charge in [-0.25, -0.2) is 9.67 Å². The lowest BCUT2D eigenvalue weighted by atomic mass is 9.92. The van der Waals surface area contributed by atoms with E-state index in [4.69, 9.17) is 4.98 Å². The smallest absolute Gasteiger partial charge is 0.159 e. The highest BCUT2D eigenvalue weighted by Gasteiger charge is 2.21. The van der Waals surface area contributed by atoms with Gasteiger partial charge in [-0.1, -0.05) is 18.2 Å². The summed E-state index contributed by atoms with van der Waals surface area (Å²) in [6.45, 7) is 4.73. The van der Waals surface area contributed by atoms with E-state index in [0.717, 1.165) is 46.1 Å². The number of allylic oxidation sites excluding steroid dienone is 4. The molecule has 118 valence electrons. The largest absolute Gasteiger partial charge is 0.298 e. The molecule has 0 saturated carbocycles. The van der Waals surface area contributed by atoms with Crippen molar-refractivity contribution in [3.63, 3.8) is 0 Å². The Morgan fingerprint density at radius 2 is 2.08 bits per heavy atom. The SMILES string of the molecule is CCn1ncc2c(-c3cncc(C)c3)c(C=O)c(C3=CC=C3)nc21. The van der Waals surface area contributed by atoms with Gasteiger partial charge in [0, 0.05) is 46.6 Å². The highest BCUT2D eigenvalue weighted by atomic mass is 16.1. The minimum atomic E-state index is 0.584. The van der Waals surface area contributed by atoms with Crippen molar-refractivity contribution in [2.45, 2.75) is 20.4 Å². The zero-order chi connectivity index (χ0) is 16.7. The molecule has 5 heteroatoms. The van der Waals surface area contributed by atoms with E-state index in [0.29, 0.717) is 11.3 Å². The summed E-state index contributed by atoms with van der Waals surface area (Å²) >= 11 is 0. The maximum Gasteiger partial charge on any atom is 0.159 e. The highest BCUT2D eigenvalue weighted by Crippen LogP contribution is 2.36. The van der Waals surface area contributed by atoms with Gasteiger partial charge in [-0.05, 0) is 25.5 Å². The topological polar surface area (TPSA) is 60.7 Å². The lowest BCUT2D eigenvalue weighted by Gasteiger charge is -2.15. The fourth-order valence-electron chi connectivity index (χ4n) is 3.02. The van der Waals surface area contributed by atoms with Gasteiger partial charge in [-0.15, -0.1) is 0 Å². The molecule has 0 amide bonds. The van der Waals surface area contributed by atoms with Crippen molar-refractivity contribution in [3.05, 3.63) is 59.7 Å². The van der Waals surface area contributed by atoms with E-state index >= 15 is 0 Å². The van der Waals surface area contributed by atoms with Crippen molar-refractivity contribution >= 4 is 22.9 Å². The van der Waals surface area contributed by atoms with Crippen LogP contribution in [-0.4, -0.2) is 26.0 Å². The summed E-state index contributed by atoms with van der Waals surface area (Å²) in [7, 11) is 0. The van der Waals surface area contributed by atoms with Crippen LogP contribution in [0.4, 0.5) is 0 Å². The van der Waals surface area contributed by atoms with Crippen molar-refractivity contribution in [2.24, 2.45) is 0 Å². The first-order valence-corrected chi connectivity index (χ1v) is 7.88. The molecular weight excluding hydrogens is 300 g/mol. The summed E-state index contributed by atoms with van der Waals surface area (Å²) in [5, 5.41) is 5.30. The number of rotatable bonds is 4. The number of pyridine rings is 2. The molecule has 3 aromatic heterocycles. The van der Waals surface area contributed by atoms with Crippen molar-refractivity contribution in [1.82, 2.24) is 19.7 Å². The number of carbonyl (C=O) groups is 1. The lowest BCUT2D eigenvalue weighted by molar-refractivity contribution is 0.112. The van der Waals surface area contributed by atoms with Crippen molar-refractivity contribution in [2.75, 3.05) is 0 Å². The minimum absolute atomic E-state index is 0.584. The standard InChI is InChI=1S/C19H16N4O/c1-3-23-19-15(10-21-23)17(14-7-12(2)8-20-9-14)16(11-24)18(22-19)13-5-4-6-13/h4-11H,3H2,1-2H3. The number of nitrogens with zero attached hydrogens (tertiary/aromatic N) is 4. The molecule has 0 saturated heterocycles. The Morgan fingerprint density at radius 3 is 2.71 bits per heavy atom. The number of hydrogen-bond acceptors (Lipinski definition) is 4. The van der Waals surface area contributed by atoms with Crippen molar-refractivity contribution in [3.8, 4) is 11.1 Å². The molecular formula is C19H16N4O. The van der Waals surface area contributed by atoms with Gasteiger partial charge >= 0.3 is 0 Å². The third-order valence-corrected chi connectivity index (χ3v) is 4.23. The Hall–Kier alpha value is -3.08. The van der Waals surface area contributed by atoms with E-state index in [1.54, 1.807) is 18.6 Å². The second-order valence-electron chi connectivity index (χ2n) is 5.80. The summed E-state index contributed by atoms with van der Waals surface area (Å²) in [4.78, 5) is 21.0. The van der Waals surface area contributed by atoms with E-state index in [9.17, 15) is 4.79 Å². The maximum absolute atomic E-state index is 11.9. The van der Waals surface area contributed by atoms with Crippen LogP contribution in [-0.2, 0) is 6.54 Å². The molecule has 0 N–H and O–H groups in total. The van der Waals surface area contributed by atoms with Gasteiger partial charge in [-0.3, -0.25) is 9.78 Å². The predicted octanol–water partition coefficient (Wildman–Crippen LogP) is 3.59. The summed E-state index contributed by atoms with van der Waals surface area (Å²) in [5.41, 5.74) is 5.84. The number of hydrogen-bond donors (Lipinski definition) is 0. The quantitative estimate of drug-likeness (QED) is 0.690. The number of aldehydes is 1. The molecule has 3 heterocycles. The Balaban J connectivity index is 2.12. The van der Waals surface area contributed by atoms with Crippen LogP contribution in [0.25, 0.3) is 27.7 Å². The molecule has 1 aliphatic carbocycles. The van der Waals surface area contributed by atoms with Crippen LogP contribution < -0.4 is 0 Å². The molecule has 3 aromatic rings. The molecule has 0 unspecified atom stereocenters. The average molecular weight is 316 g/mol. The first-order valence-electron chi connectivity index (χ1n) is 7.88. The van der Waals surface area contributed by atoms with E-state index in [-0.39, 0.29) is 0 Å². The molecule has 0 spiro atoms. The van der Waals surface area contributed by atoms with Crippen LogP contribution in [0.1, 0.15) is 28.5 Å². The number of aromatic nitrogens is 4. The monoisotopic (exact) mass is 316 g/mol.